The van der Waals surface area contributed by atoms with E-state index in [4.69, 9.17) is 10.8 Å². The SMILES string of the molecule is NC(Cc1ccccc1)C(=O)NC(CC(=O)O)C(=O)NC(Cc1c[nH]c2ccccc12)C(=O)NCC(=O)O. The molecule has 38 heavy (non-hydrogen) atoms. The number of rotatable bonds is 13. The molecule has 3 atom stereocenters. The van der Waals surface area contributed by atoms with Crippen molar-refractivity contribution in [3.8, 4) is 0 Å². The third kappa shape index (κ3) is 7.90. The third-order valence-corrected chi connectivity index (χ3v) is 5.79. The minimum absolute atomic E-state index is 0.0253. The number of aromatic amines is 1. The van der Waals surface area contributed by atoms with Crippen LogP contribution in [0.3, 0.4) is 0 Å². The monoisotopic (exact) mass is 523 g/mol. The van der Waals surface area contributed by atoms with Gasteiger partial charge >= 0.3 is 11.9 Å². The summed E-state index contributed by atoms with van der Waals surface area (Å²) in [6.07, 6.45) is 1.04. The highest BCUT2D eigenvalue weighted by atomic mass is 16.4. The molecule has 8 N–H and O–H groups in total. The third-order valence-electron chi connectivity index (χ3n) is 5.79. The highest BCUT2D eigenvalue weighted by Gasteiger charge is 2.30. The molecule has 3 aromatic rings. The van der Waals surface area contributed by atoms with E-state index >= 15 is 0 Å². The number of hydrogen-bond donors (Lipinski definition) is 7. The Morgan fingerprint density at radius 2 is 1.45 bits per heavy atom. The standard InChI is InChI=1S/C26H29N5O7/c27-18(10-15-6-2-1-3-7-15)24(36)30-21(12-22(32)33)26(38)31-20(25(37)29-14-23(34)35)11-16-13-28-19-9-5-4-8-17(16)19/h1-9,13,18,20-21,28H,10-12,14,27H2,(H,29,37)(H,30,36)(H,31,38)(H,32,33)(H,34,35). The van der Waals surface area contributed by atoms with E-state index in [9.17, 15) is 29.1 Å². The Labute approximate surface area is 217 Å². The van der Waals surface area contributed by atoms with Gasteiger partial charge in [0.25, 0.3) is 0 Å². The van der Waals surface area contributed by atoms with Crippen LogP contribution in [0, 0.1) is 0 Å². The van der Waals surface area contributed by atoms with Gasteiger partial charge in [-0.15, -0.1) is 0 Å². The molecule has 0 aliphatic rings. The number of aliphatic carboxylic acids is 2. The maximum absolute atomic E-state index is 13.1. The van der Waals surface area contributed by atoms with Crippen LogP contribution in [0.1, 0.15) is 17.5 Å². The van der Waals surface area contributed by atoms with Gasteiger partial charge in [0.2, 0.25) is 17.7 Å². The number of carbonyl (C=O) groups is 5. The first-order valence-corrected chi connectivity index (χ1v) is 11.8. The van der Waals surface area contributed by atoms with E-state index in [0.717, 1.165) is 16.5 Å². The number of nitrogens with one attached hydrogen (secondary N) is 4. The lowest BCUT2D eigenvalue weighted by Gasteiger charge is -2.23. The molecule has 3 unspecified atom stereocenters. The van der Waals surface area contributed by atoms with Crippen molar-refractivity contribution in [3.63, 3.8) is 0 Å². The van der Waals surface area contributed by atoms with E-state index in [1.54, 1.807) is 36.5 Å². The Morgan fingerprint density at radius 3 is 2.13 bits per heavy atom. The van der Waals surface area contributed by atoms with E-state index in [2.05, 4.69) is 20.9 Å². The Kier molecular flexibility index (Phi) is 9.54. The normalized spacial score (nSPS) is 13.2. The van der Waals surface area contributed by atoms with Gasteiger partial charge in [-0.3, -0.25) is 24.0 Å². The second kappa shape index (κ2) is 13.0. The smallest absolute Gasteiger partial charge is 0.322 e. The first-order chi connectivity index (χ1) is 18.1. The Bertz CT molecular complexity index is 1310. The predicted molar refractivity (Wildman–Crippen MR) is 137 cm³/mol. The molecule has 0 radical (unpaired) electrons. The molecule has 1 aromatic heterocycles. The highest BCUT2D eigenvalue weighted by molar-refractivity contribution is 5.96. The van der Waals surface area contributed by atoms with Crippen LogP contribution < -0.4 is 21.7 Å². The molecule has 0 aliphatic carbocycles. The minimum atomic E-state index is -1.53. The second-order valence-electron chi connectivity index (χ2n) is 8.69. The van der Waals surface area contributed by atoms with Crippen molar-refractivity contribution in [2.24, 2.45) is 5.73 Å². The summed E-state index contributed by atoms with van der Waals surface area (Å²) in [5.74, 6) is -5.08. The zero-order valence-electron chi connectivity index (χ0n) is 20.3. The molecule has 0 saturated heterocycles. The van der Waals surface area contributed by atoms with Gasteiger partial charge in [-0.1, -0.05) is 48.5 Å². The number of hydrogen-bond acceptors (Lipinski definition) is 6. The van der Waals surface area contributed by atoms with Crippen molar-refractivity contribution in [3.05, 3.63) is 71.9 Å². The molecule has 3 amide bonds. The van der Waals surface area contributed by atoms with Crippen LogP contribution >= 0.6 is 0 Å². The predicted octanol–water partition coefficient (Wildman–Crippen LogP) is -0.0745. The summed E-state index contributed by atoms with van der Waals surface area (Å²) in [6, 6.07) is 12.4. The maximum atomic E-state index is 13.1. The fourth-order valence-electron chi connectivity index (χ4n) is 3.91. The van der Waals surface area contributed by atoms with Crippen LogP contribution in [0.2, 0.25) is 0 Å². The number of nitrogens with two attached hydrogens (primary N) is 1. The topological polar surface area (TPSA) is 204 Å². The lowest BCUT2D eigenvalue weighted by atomic mass is 10.0. The average molecular weight is 524 g/mol. The quantitative estimate of drug-likeness (QED) is 0.161. The fraction of sp³-hybridized carbons (Fsp3) is 0.269. The van der Waals surface area contributed by atoms with Crippen LogP contribution in [-0.4, -0.2) is 69.5 Å². The number of carbonyl (C=O) groups excluding carboxylic acids is 3. The number of benzene rings is 2. The van der Waals surface area contributed by atoms with Gasteiger partial charge in [-0.05, 0) is 23.6 Å². The van der Waals surface area contributed by atoms with Gasteiger partial charge in [-0.2, -0.15) is 0 Å². The number of H-pyrrole nitrogens is 1. The Morgan fingerprint density at radius 1 is 0.789 bits per heavy atom. The minimum Gasteiger partial charge on any atom is -0.481 e. The lowest BCUT2D eigenvalue weighted by molar-refractivity contribution is -0.141. The summed E-state index contributed by atoms with van der Waals surface area (Å²) in [7, 11) is 0. The second-order valence-corrected chi connectivity index (χ2v) is 8.69. The Balaban J connectivity index is 1.76. The number of carboxylic acids is 2. The molecule has 3 rings (SSSR count). The molecule has 200 valence electrons. The summed E-state index contributed by atoms with van der Waals surface area (Å²) in [5.41, 5.74) is 8.22. The van der Waals surface area contributed by atoms with Gasteiger partial charge < -0.3 is 36.9 Å². The highest BCUT2D eigenvalue weighted by Crippen LogP contribution is 2.19. The lowest BCUT2D eigenvalue weighted by Crippen LogP contribution is -2.57. The van der Waals surface area contributed by atoms with E-state index in [1.165, 1.54) is 0 Å². The maximum Gasteiger partial charge on any atom is 0.322 e. The van der Waals surface area contributed by atoms with Crippen molar-refractivity contribution in [1.82, 2.24) is 20.9 Å². The van der Waals surface area contributed by atoms with Crippen LogP contribution in [0.15, 0.2) is 60.8 Å². The number of para-hydroxylation sites is 1. The molecular formula is C26H29N5O7. The molecule has 0 fully saturated rings. The summed E-state index contributed by atoms with van der Waals surface area (Å²) in [5, 5.41) is 26.1. The number of fused-ring (bicyclic) bond motifs is 1. The van der Waals surface area contributed by atoms with Crippen molar-refractivity contribution >= 4 is 40.6 Å². The Hall–Kier alpha value is -4.71. The van der Waals surface area contributed by atoms with Gasteiger partial charge in [0.05, 0.1) is 12.5 Å². The van der Waals surface area contributed by atoms with Crippen molar-refractivity contribution in [1.29, 1.82) is 0 Å². The molecule has 0 saturated carbocycles. The molecule has 0 aliphatic heterocycles. The zero-order valence-corrected chi connectivity index (χ0v) is 20.3. The average Bonchev–Trinajstić information content (AvgIpc) is 3.29. The number of amides is 3. The van der Waals surface area contributed by atoms with Crippen LogP contribution in [0.4, 0.5) is 0 Å². The van der Waals surface area contributed by atoms with Gasteiger partial charge in [-0.25, -0.2) is 0 Å². The molecule has 1 heterocycles. The van der Waals surface area contributed by atoms with E-state index in [0.29, 0.717) is 5.56 Å². The first kappa shape index (κ1) is 27.9. The summed E-state index contributed by atoms with van der Waals surface area (Å²) in [4.78, 5) is 64.0. The zero-order chi connectivity index (χ0) is 27.7. The van der Waals surface area contributed by atoms with E-state index in [1.807, 2.05) is 24.3 Å². The van der Waals surface area contributed by atoms with Gasteiger partial charge in [0, 0.05) is 23.5 Å². The van der Waals surface area contributed by atoms with Gasteiger partial charge in [0.15, 0.2) is 0 Å². The molecule has 12 heteroatoms. The first-order valence-electron chi connectivity index (χ1n) is 11.8. The fourth-order valence-corrected chi connectivity index (χ4v) is 3.91. The van der Waals surface area contributed by atoms with Crippen molar-refractivity contribution < 1.29 is 34.2 Å². The van der Waals surface area contributed by atoms with E-state index < -0.39 is 60.8 Å². The van der Waals surface area contributed by atoms with E-state index in [-0.39, 0.29) is 12.8 Å². The molecular weight excluding hydrogens is 494 g/mol. The summed E-state index contributed by atoms with van der Waals surface area (Å²) >= 11 is 0. The summed E-state index contributed by atoms with van der Waals surface area (Å²) < 4.78 is 0. The van der Waals surface area contributed by atoms with Crippen molar-refractivity contribution in [2.45, 2.75) is 37.4 Å². The van der Waals surface area contributed by atoms with Crippen molar-refractivity contribution in [2.75, 3.05) is 6.54 Å². The molecule has 12 nitrogen and oxygen atoms in total. The van der Waals surface area contributed by atoms with Crippen LogP contribution in [0.5, 0.6) is 0 Å². The molecule has 0 spiro atoms. The molecule has 0 bridgehead atoms. The largest absolute Gasteiger partial charge is 0.481 e. The van der Waals surface area contributed by atoms with Gasteiger partial charge in [0.1, 0.15) is 18.6 Å². The molecule has 2 aromatic carbocycles. The number of aromatic nitrogens is 1. The van der Waals surface area contributed by atoms with Crippen LogP contribution in [-0.2, 0) is 36.8 Å². The summed E-state index contributed by atoms with van der Waals surface area (Å²) in [6.45, 7) is -0.678. The number of carboxylic acid groups (broad SMARTS) is 2. The van der Waals surface area contributed by atoms with Crippen LogP contribution in [0.25, 0.3) is 10.9 Å².